The number of aliphatic hydroxyl groups is 1. The van der Waals surface area contributed by atoms with Crippen LogP contribution in [-0.4, -0.2) is 165 Å². The summed E-state index contributed by atoms with van der Waals surface area (Å²) in [6, 6.07) is 12.0. The number of nitrogens with zero attached hydrogens (tertiary/aromatic N) is 9. The van der Waals surface area contributed by atoms with Crippen molar-refractivity contribution in [2.75, 3.05) is 94.9 Å². The lowest BCUT2D eigenvalue weighted by molar-refractivity contribution is -0.136. The first-order chi connectivity index (χ1) is 36.7. The molecule has 1 aliphatic carbocycles. The van der Waals surface area contributed by atoms with E-state index in [0.717, 1.165) is 109 Å². The van der Waals surface area contributed by atoms with Gasteiger partial charge in [-0.05, 0) is 162 Å². The number of β-amino-alcohol motifs (C(OH)–C–C–N with tert-alkyl or cyclic N) is 1. The molecule has 8 heterocycles. The smallest absolute Gasteiger partial charge is 0.319 e. The van der Waals surface area contributed by atoms with Gasteiger partial charge >= 0.3 is 6.01 Å². The molecule has 0 radical (unpaired) electrons. The van der Waals surface area contributed by atoms with Gasteiger partial charge < -0.3 is 39.4 Å². The Balaban J connectivity index is 0.636. The van der Waals surface area contributed by atoms with Crippen molar-refractivity contribution in [3.8, 4) is 23.0 Å². The van der Waals surface area contributed by atoms with Crippen molar-refractivity contribution in [1.82, 2.24) is 39.9 Å². The lowest BCUT2D eigenvalue weighted by Gasteiger charge is -2.44. The zero-order chi connectivity index (χ0) is 52.5. The third-order valence-corrected chi connectivity index (χ3v) is 17.9. The fourth-order valence-electron chi connectivity index (χ4n) is 13.4. The Hall–Kier alpha value is -6.08. The number of piperazine rings is 1. The molecule has 16 nitrogen and oxygen atoms in total. The molecule has 2 atom stereocenters. The van der Waals surface area contributed by atoms with Gasteiger partial charge in [0.05, 0.1) is 17.6 Å². The van der Waals surface area contributed by atoms with Crippen molar-refractivity contribution in [1.29, 1.82) is 0 Å². The lowest BCUT2D eigenvalue weighted by Crippen LogP contribution is -2.53. The Kier molecular flexibility index (Phi) is 13.6. The maximum atomic E-state index is 17.2. The quantitative estimate of drug-likeness (QED) is 0.107. The zero-order valence-electron chi connectivity index (χ0n) is 43.8. The van der Waals surface area contributed by atoms with Gasteiger partial charge in [0, 0.05) is 99.8 Å². The number of benzene rings is 3. The van der Waals surface area contributed by atoms with Gasteiger partial charge in [0.1, 0.15) is 34.6 Å². The van der Waals surface area contributed by atoms with Gasteiger partial charge in [0.15, 0.2) is 5.82 Å². The topological polar surface area (TPSA) is 171 Å². The number of phenols is 1. The number of fused-ring (bicyclic) bond motifs is 3. The summed E-state index contributed by atoms with van der Waals surface area (Å²) in [4.78, 5) is 65.6. The highest BCUT2D eigenvalue weighted by atomic mass is 19.1. The number of nitrogens with one attached hydrogen (secondary N) is 1. The minimum Gasteiger partial charge on any atom is -0.508 e. The minimum atomic E-state index is -0.961. The molecule has 2 aromatic heterocycles. The molecule has 3 N–H and O–H groups in total. The number of aromatic nitrogens is 3. The first-order valence-electron chi connectivity index (χ1n) is 27.8. The summed E-state index contributed by atoms with van der Waals surface area (Å²) in [5, 5.41) is 25.7. The maximum absolute atomic E-state index is 17.2. The predicted octanol–water partition coefficient (Wildman–Crippen LogP) is 6.66. The molecule has 3 amide bonds. The molecule has 402 valence electrons. The highest BCUT2D eigenvalue weighted by molar-refractivity contribution is 6.06. The average Bonchev–Trinajstić information content (AvgIpc) is 4.18. The van der Waals surface area contributed by atoms with Gasteiger partial charge in [-0.3, -0.25) is 29.6 Å². The van der Waals surface area contributed by atoms with Gasteiger partial charge in [-0.25, -0.2) is 8.78 Å². The SMILES string of the molecule is CCc1c(F)ccc2cc(O)cc(-c3ncc4c(N5CCC[C@@](C)(O)C5)nc(OCC5(CN6CCC(CN7CCC(N8CCN(c9ccc%10c(c9)CN([C@H]9CCC(=O)NC9=O)C%10=O)CC8)CC7)CC6)CC5)nc4c3F)c12. The summed E-state index contributed by atoms with van der Waals surface area (Å²) in [7, 11) is 0. The summed E-state index contributed by atoms with van der Waals surface area (Å²) in [5.74, 6) is -0.888. The van der Waals surface area contributed by atoms with Crippen molar-refractivity contribution >= 4 is 50.9 Å². The molecule has 3 aromatic carbocycles. The first-order valence-corrected chi connectivity index (χ1v) is 27.8. The van der Waals surface area contributed by atoms with E-state index in [4.69, 9.17) is 14.7 Å². The van der Waals surface area contributed by atoms with Crippen LogP contribution in [0.5, 0.6) is 11.8 Å². The summed E-state index contributed by atoms with van der Waals surface area (Å²) in [5.41, 5.74) is 2.37. The molecule has 18 heteroatoms. The molecule has 0 bridgehead atoms. The number of likely N-dealkylation sites (tertiary alicyclic amines) is 2. The van der Waals surface area contributed by atoms with Crippen molar-refractivity contribution in [3.63, 3.8) is 0 Å². The van der Waals surface area contributed by atoms with E-state index >= 15 is 8.78 Å². The summed E-state index contributed by atoms with van der Waals surface area (Å²) < 4.78 is 38.9. The fourth-order valence-corrected chi connectivity index (χ4v) is 13.4. The van der Waals surface area contributed by atoms with Gasteiger partial charge in [0.25, 0.3) is 5.91 Å². The van der Waals surface area contributed by atoms with E-state index in [9.17, 15) is 24.6 Å². The number of hydrogen-bond acceptors (Lipinski definition) is 14. The number of carbonyl (C=O) groups excluding carboxylic acids is 3. The number of imide groups is 1. The van der Waals surface area contributed by atoms with Crippen LogP contribution in [0.25, 0.3) is 32.9 Å². The lowest BCUT2D eigenvalue weighted by atomic mass is 9.93. The van der Waals surface area contributed by atoms with Crippen LogP contribution in [0, 0.1) is 23.0 Å². The van der Waals surface area contributed by atoms with Crippen LogP contribution in [0.3, 0.4) is 0 Å². The number of pyridine rings is 1. The number of rotatable bonds is 13. The van der Waals surface area contributed by atoms with E-state index in [2.05, 4.69) is 36.0 Å². The standard InChI is InChI=1S/C58H70F2N10O6/c1-3-42-46(59)8-5-37-28-41(71)29-44(49(37)42)51-50(60)52-45(30-61-51)53(69-18-4-15-57(2,75)33-69)64-56(63-52)76-35-58(16-17-58)34-66-19-11-36(12-20-66)31-65-21-13-39(14-22-65)67-23-25-68(26-24-67)40-6-7-43-38(27-40)32-70(55(43)74)47-9-10-48(72)62-54(47)73/h5-8,27-30,36,39,47,71,75H,3-4,9-26,31-35H2,1-2H3,(H,62,72,73)/t47-,57+/m0/s1. The van der Waals surface area contributed by atoms with Crippen molar-refractivity contribution in [2.45, 2.75) is 109 Å². The van der Waals surface area contributed by atoms with E-state index in [1.165, 1.54) is 25.0 Å². The number of phenolic OH excluding ortho intramolecular Hbond substituents is 1. The molecule has 1 saturated carbocycles. The number of aromatic hydroxyl groups is 1. The number of carbonyl (C=O) groups is 3. The molecule has 0 unspecified atom stereocenters. The Morgan fingerprint density at radius 2 is 1.62 bits per heavy atom. The zero-order valence-corrected chi connectivity index (χ0v) is 43.8. The Bertz CT molecular complexity index is 3070. The number of hydrogen-bond donors (Lipinski definition) is 3. The fraction of sp³-hybridized carbons (Fsp3) is 0.552. The molecule has 12 rings (SSSR count). The summed E-state index contributed by atoms with van der Waals surface area (Å²) in [6.45, 7) is 15.6. The van der Waals surface area contributed by atoms with Crippen LogP contribution in [0.4, 0.5) is 20.3 Å². The molecule has 7 aliphatic rings. The molecular formula is C58H70F2N10O6. The third kappa shape index (κ3) is 10.1. The number of anilines is 2. The Morgan fingerprint density at radius 1 is 0.842 bits per heavy atom. The van der Waals surface area contributed by atoms with Crippen LogP contribution >= 0.6 is 0 Å². The van der Waals surface area contributed by atoms with Gasteiger partial charge in [-0.1, -0.05) is 13.0 Å². The van der Waals surface area contributed by atoms with Gasteiger partial charge in [0.2, 0.25) is 11.8 Å². The van der Waals surface area contributed by atoms with Crippen molar-refractivity contribution < 1.29 is 38.1 Å². The van der Waals surface area contributed by atoms with Crippen LogP contribution in [0.15, 0.2) is 48.7 Å². The highest BCUT2D eigenvalue weighted by Gasteiger charge is 2.46. The molecule has 5 saturated heterocycles. The minimum absolute atomic E-state index is 0.0209. The second kappa shape index (κ2) is 20.4. The second-order valence-corrected chi connectivity index (χ2v) is 23.3. The normalized spacial score (nSPS) is 24.2. The maximum Gasteiger partial charge on any atom is 0.319 e. The molecule has 6 fully saturated rings. The van der Waals surface area contributed by atoms with Crippen molar-refractivity contribution in [3.05, 3.63) is 77.0 Å². The van der Waals surface area contributed by atoms with E-state index in [1.807, 2.05) is 24.0 Å². The first kappa shape index (κ1) is 50.7. The van der Waals surface area contributed by atoms with Crippen molar-refractivity contribution in [2.24, 2.45) is 11.3 Å². The average molecular weight is 1040 g/mol. The van der Waals surface area contributed by atoms with E-state index < -0.39 is 23.3 Å². The molecule has 0 spiro atoms. The van der Waals surface area contributed by atoms with Crippen LogP contribution in [-0.2, 0) is 22.6 Å². The van der Waals surface area contributed by atoms with Crippen LogP contribution in [0.2, 0.25) is 0 Å². The summed E-state index contributed by atoms with van der Waals surface area (Å²) >= 11 is 0. The van der Waals surface area contributed by atoms with Gasteiger partial charge in [-0.2, -0.15) is 9.97 Å². The number of halogens is 2. The monoisotopic (exact) mass is 1040 g/mol. The predicted molar refractivity (Wildman–Crippen MR) is 285 cm³/mol. The van der Waals surface area contributed by atoms with E-state index in [0.29, 0.717) is 90.6 Å². The number of ether oxygens (including phenoxy) is 1. The molecule has 6 aliphatic heterocycles. The molecular weight excluding hydrogens is 971 g/mol. The molecule has 76 heavy (non-hydrogen) atoms. The van der Waals surface area contributed by atoms with E-state index in [1.54, 1.807) is 30.2 Å². The third-order valence-electron chi connectivity index (χ3n) is 17.9. The Labute approximate surface area is 442 Å². The van der Waals surface area contributed by atoms with Crippen LogP contribution in [0.1, 0.15) is 99.5 Å². The highest BCUT2D eigenvalue weighted by Crippen LogP contribution is 2.47. The number of aryl methyl sites for hydroxylation is 1. The largest absolute Gasteiger partial charge is 0.508 e. The number of piperidine rings is 4. The molecule has 5 aromatic rings. The van der Waals surface area contributed by atoms with Gasteiger partial charge in [-0.15, -0.1) is 0 Å². The van der Waals surface area contributed by atoms with Crippen LogP contribution < -0.4 is 19.9 Å². The number of amides is 3. The van der Waals surface area contributed by atoms with E-state index in [-0.39, 0.29) is 58.1 Å². The second-order valence-electron chi connectivity index (χ2n) is 23.3. The summed E-state index contributed by atoms with van der Waals surface area (Å²) in [6.07, 6.45) is 10.6. The Morgan fingerprint density at radius 3 is 2.36 bits per heavy atom.